The molecule has 1 heterocycles. The number of benzene rings is 1. The number of hydrogen-bond donors (Lipinski definition) is 1. The van der Waals surface area contributed by atoms with E-state index < -0.39 is 21.5 Å². The van der Waals surface area contributed by atoms with E-state index in [1.165, 1.54) is 24.1 Å². The lowest BCUT2D eigenvalue weighted by molar-refractivity contribution is -0.131. The standard InChI is InChI=1S/C15H21FN2O4S.ClH/c1-22-7-8-23(20,21)11-15(19)18-6-5-17-10-14(18)12-3-2-4-13(16)9-12;/h2-4,9,14,17H,5-8,10-11H2,1H3;1H. The van der Waals surface area contributed by atoms with Gasteiger partial charge in [-0.15, -0.1) is 12.4 Å². The first kappa shape index (κ1) is 20.8. The molecule has 2 rings (SSSR count). The van der Waals surface area contributed by atoms with E-state index in [1.807, 2.05) is 0 Å². The number of nitrogens with zero attached hydrogens (tertiary/aromatic N) is 1. The summed E-state index contributed by atoms with van der Waals surface area (Å²) in [5.74, 6) is -1.58. The van der Waals surface area contributed by atoms with Gasteiger partial charge in [0.1, 0.15) is 11.6 Å². The number of hydrogen-bond acceptors (Lipinski definition) is 5. The molecule has 1 aliphatic heterocycles. The van der Waals surface area contributed by atoms with Gasteiger partial charge in [-0.25, -0.2) is 12.8 Å². The Morgan fingerprint density at radius 1 is 1.46 bits per heavy atom. The van der Waals surface area contributed by atoms with E-state index >= 15 is 0 Å². The topological polar surface area (TPSA) is 75.7 Å². The maximum Gasteiger partial charge on any atom is 0.238 e. The molecule has 0 aromatic heterocycles. The minimum absolute atomic E-state index is 0. The van der Waals surface area contributed by atoms with Crippen molar-refractivity contribution in [2.45, 2.75) is 6.04 Å². The average Bonchev–Trinajstić information content (AvgIpc) is 2.52. The summed E-state index contributed by atoms with van der Waals surface area (Å²) in [6, 6.07) is 5.65. The zero-order valence-corrected chi connectivity index (χ0v) is 15.0. The first-order valence-electron chi connectivity index (χ1n) is 7.38. The Labute approximate surface area is 147 Å². The summed E-state index contributed by atoms with van der Waals surface area (Å²) in [6.07, 6.45) is 0. The van der Waals surface area contributed by atoms with Gasteiger partial charge in [-0.2, -0.15) is 0 Å². The molecule has 0 radical (unpaired) electrons. The molecule has 0 spiro atoms. The molecule has 1 fully saturated rings. The molecule has 1 amide bonds. The Morgan fingerprint density at radius 3 is 2.88 bits per heavy atom. The molecule has 24 heavy (non-hydrogen) atoms. The van der Waals surface area contributed by atoms with Crippen molar-refractivity contribution in [1.29, 1.82) is 0 Å². The number of halogens is 2. The smallest absolute Gasteiger partial charge is 0.238 e. The highest BCUT2D eigenvalue weighted by molar-refractivity contribution is 7.92. The van der Waals surface area contributed by atoms with Gasteiger partial charge in [-0.05, 0) is 17.7 Å². The van der Waals surface area contributed by atoms with Crippen molar-refractivity contribution in [1.82, 2.24) is 10.2 Å². The predicted octanol–water partition coefficient (Wildman–Crippen LogP) is 0.782. The fraction of sp³-hybridized carbons (Fsp3) is 0.533. The maximum absolute atomic E-state index is 13.4. The third-order valence-electron chi connectivity index (χ3n) is 3.74. The number of nitrogens with one attached hydrogen (secondary N) is 1. The third kappa shape index (κ3) is 5.70. The third-order valence-corrected chi connectivity index (χ3v) is 5.21. The van der Waals surface area contributed by atoms with Crippen LogP contribution in [0.2, 0.25) is 0 Å². The summed E-state index contributed by atoms with van der Waals surface area (Å²) in [5, 5.41) is 3.15. The van der Waals surface area contributed by atoms with Crippen LogP contribution in [0.15, 0.2) is 24.3 Å². The second kappa shape index (κ2) is 9.31. The van der Waals surface area contributed by atoms with E-state index in [2.05, 4.69) is 5.32 Å². The number of carbonyl (C=O) groups excluding carboxylic acids is 1. The normalized spacial score (nSPS) is 18.1. The summed E-state index contributed by atoms with van der Waals surface area (Å²) in [5.41, 5.74) is 0.653. The van der Waals surface area contributed by atoms with Gasteiger partial charge in [0, 0.05) is 26.7 Å². The van der Waals surface area contributed by atoms with Crippen molar-refractivity contribution in [3.05, 3.63) is 35.6 Å². The van der Waals surface area contributed by atoms with Crippen molar-refractivity contribution in [3.63, 3.8) is 0 Å². The van der Waals surface area contributed by atoms with E-state index in [4.69, 9.17) is 4.74 Å². The van der Waals surface area contributed by atoms with E-state index in [0.29, 0.717) is 25.2 Å². The quantitative estimate of drug-likeness (QED) is 0.789. The highest BCUT2D eigenvalue weighted by Gasteiger charge is 2.30. The molecule has 1 aliphatic rings. The fourth-order valence-electron chi connectivity index (χ4n) is 2.57. The number of methoxy groups -OCH3 is 1. The first-order valence-corrected chi connectivity index (χ1v) is 9.20. The second-order valence-electron chi connectivity index (χ2n) is 5.45. The van der Waals surface area contributed by atoms with Crippen LogP contribution in [0.3, 0.4) is 0 Å². The molecule has 1 unspecified atom stereocenters. The van der Waals surface area contributed by atoms with Crippen LogP contribution in [-0.4, -0.2) is 64.1 Å². The molecule has 1 saturated heterocycles. The fourth-order valence-corrected chi connectivity index (χ4v) is 3.68. The van der Waals surface area contributed by atoms with Gasteiger partial charge in [0.25, 0.3) is 0 Å². The predicted molar refractivity (Wildman–Crippen MR) is 91.5 cm³/mol. The van der Waals surface area contributed by atoms with Gasteiger partial charge >= 0.3 is 0 Å². The summed E-state index contributed by atoms with van der Waals surface area (Å²) in [4.78, 5) is 13.9. The number of rotatable bonds is 6. The van der Waals surface area contributed by atoms with Crippen LogP contribution in [0, 0.1) is 5.82 Å². The molecule has 0 bridgehead atoms. The number of ether oxygens (including phenoxy) is 1. The average molecular weight is 381 g/mol. The molecule has 0 aliphatic carbocycles. The Balaban J connectivity index is 0.00000288. The Kier molecular flexibility index (Phi) is 8.08. The van der Waals surface area contributed by atoms with Crippen molar-refractivity contribution >= 4 is 28.2 Å². The van der Waals surface area contributed by atoms with Gasteiger partial charge in [0.2, 0.25) is 5.91 Å². The highest BCUT2D eigenvalue weighted by atomic mass is 35.5. The largest absolute Gasteiger partial charge is 0.384 e. The number of amides is 1. The first-order chi connectivity index (χ1) is 10.9. The second-order valence-corrected chi connectivity index (χ2v) is 7.63. The van der Waals surface area contributed by atoms with Crippen molar-refractivity contribution in [2.75, 3.05) is 44.9 Å². The van der Waals surface area contributed by atoms with Crippen molar-refractivity contribution in [2.24, 2.45) is 0 Å². The number of carbonyl (C=O) groups is 1. The van der Waals surface area contributed by atoms with Gasteiger partial charge in [0.05, 0.1) is 18.4 Å². The summed E-state index contributed by atoms with van der Waals surface area (Å²) in [7, 11) is -2.11. The lowest BCUT2D eigenvalue weighted by Crippen LogP contribution is -2.50. The van der Waals surface area contributed by atoms with E-state index in [-0.39, 0.29) is 36.6 Å². The Bertz CT molecular complexity index is 657. The van der Waals surface area contributed by atoms with Crippen LogP contribution in [-0.2, 0) is 19.4 Å². The monoisotopic (exact) mass is 380 g/mol. The van der Waals surface area contributed by atoms with Gasteiger partial charge in [-0.3, -0.25) is 4.79 Å². The van der Waals surface area contributed by atoms with Crippen LogP contribution >= 0.6 is 12.4 Å². The molecular formula is C15H22ClFN2O4S. The molecular weight excluding hydrogens is 359 g/mol. The molecule has 9 heteroatoms. The SMILES string of the molecule is COCCS(=O)(=O)CC(=O)N1CCNCC1c1cccc(F)c1.Cl. The lowest BCUT2D eigenvalue weighted by Gasteiger charge is -2.36. The van der Waals surface area contributed by atoms with E-state index in [0.717, 1.165) is 0 Å². The molecule has 136 valence electrons. The summed E-state index contributed by atoms with van der Waals surface area (Å²) >= 11 is 0. The van der Waals surface area contributed by atoms with Crippen LogP contribution in [0.5, 0.6) is 0 Å². The maximum atomic E-state index is 13.4. The zero-order chi connectivity index (χ0) is 16.9. The Morgan fingerprint density at radius 2 is 2.21 bits per heavy atom. The van der Waals surface area contributed by atoms with Gasteiger partial charge < -0.3 is 15.0 Å². The van der Waals surface area contributed by atoms with E-state index in [9.17, 15) is 17.6 Å². The van der Waals surface area contributed by atoms with Crippen molar-refractivity contribution < 1.29 is 22.3 Å². The minimum Gasteiger partial charge on any atom is -0.384 e. The molecule has 1 atom stereocenters. The zero-order valence-electron chi connectivity index (χ0n) is 13.4. The van der Waals surface area contributed by atoms with Crippen LogP contribution in [0.1, 0.15) is 11.6 Å². The Hall–Kier alpha value is -1.22. The molecule has 1 aromatic rings. The van der Waals surface area contributed by atoms with Crippen LogP contribution < -0.4 is 5.32 Å². The number of sulfone groups is 1. The number of piperazine rings is 1. The molecule has 1 N–H and O–H groups in total. The van der Waals surface area contributed by atoms with E-state index in [1.54, 1.807) is 12.1 Å². The molecule has 6 nitrogen and oxygen atoms in total. The van der Waals surface area contributed by atoms with Crippen molar-refractivity contribution in [3.8, 4) is 0 Å². The molecule has 0 saturated carbocycles. The lowest BCUT2D eigenvalue weighted by atomic mass is 10.0. The summed E-state index contributed by atoms with van der Waals surface area (Å²) in [6.45, 7) is 1.49. The van der Waals surface area contributed by atoms with Gasteiger partial charge in [-0.1, -0.05) is 12.1 Å². The summed E-state index contributed by atoms with van der Waals surface area (Å²) < 4.78 is 42.1. The van der Waals surface area contributed by atoms with Crippen LogP contribution in [0.4, 0.5) is 4.39 Å². The van der Waals surface area contributed by atoms with Gasteiger partial charge in [0.15, 0.2) is 9.84 Å². The highest BCUT2D eigenvalue weighted by Crippen LogP contribution is 2.23. The minimum atomic E-state index is -3.52. The molecule has 1 aromatic carbocycles. The van der Waals surface area contributed by atoms with Crippen LogP contribution in [0.25, 0.3) is 0 Å².